The minimum absolute atomic E-state index is 0.0282. The molecule has 0 saturated heterocycles. The summed E-state index contributed by atoms with van der Waals surface area (Å²) in [7, 11) is 0. The number of halogens is 2. The molecule has 1 aromatic carbocycles. The molecule has 0 heterocycles. The lowest BCUT2D eigenvalue weighted by Gasteiger charge is -2.30. The second-order valence-corrected chi connectivity index (χ2v) is 5.72. The molecule has 1 amide bonds. The first kappa shape index (κ1) is 15.3. The Balaban J connectivity index is 1.94. The average Bonchev–Trinajstić information content (AvgIpc) is 2.42. The summed E-state index contributed by atoms with van der Waals surface area (Å²) < 4.78 is 12.9. The number of hydrogen-bond acceptors (Lipinski definition) is 2. The van der Waals surface area contributed by atoms with E-state index >= 15 is 0 Å². The number of carbonyl (C=O) groups excluding carboxylic acids is 1. The molecule has 0 spiro atoms. The number of rotatable bonds is 4. The highest BCUT2D eigenvalue weighted by Gasteiger charge is 2.25. The molecule has 2 rings (SSSR count). The molecule has 1 aliphatic rings. The van der Waals surface area contributed by atoms with Crippen LogP contribution in [0.2, 0.25) is 5.02 Å². The number of hydrogen-bond donors (Lipinski definition) is 2. The third kappa shape index (κ3) is 3.93. The predicted molar refractivity (Wildman–Crippen MR) is 76.1 cm³/mol. The smallest absolute Gasteiger partial charge is 0.224 e. The Morgan fingerprint density at radius 1 is 1.40 bits per heavy atom. The van der Waals surface area contributed by atoms with Crippen LogP contribution < -0.4 is 5.32 Å². The first-order valence-corrected chi connectivity index (χ1v) is 7.32. The molecule has 0 aliphatic heterocycles. The number of benzene rings is 1. The van der Waals surface area contributed by atoms with Crippen molar-refractivity contribution in [3.8, 4) is 0 Å². The molecule has 0 bridgehead atoms. The van der Waals surface area contributed by atoms with Crippen LogP contribution in [-0.2, 0) is 11.2 Å². The fourth-order valence-corrected chi connectivity index (χ4v) is 2.95. The van der Waals surface area contributed by atoms with E-state index < -0.39 is 5.82 Å². The van der Waals surface area contributed by atoms with E-state index in [4.69, 9.17) is 11.6 Å². The Morgan fingerprint density at radius 2 is 2.15 bits per heavy atom. The van der Waals surface area contributed by atoms with E-state index in [2.05, 4.69) is 5.32 Å². The summed E-state index contributed by atoms with van der Waals surface area (Å²) in [5, 5.41) is 12.5. The lowest BCUT2D eigenvalue weighted by molar-refractivity contribution is -0.121. The summed E-state index contributed by atoms with van der Waals surface area (Å²) in [6.07, 6.45) is 4.14. The zero-order chi connectivity index (χ0) is 14.5. The maximum Gasteiger partial charge on any atom is 0.224 e. The van der Waals surface area contributed by atoms with Gasteiger partial charge in [-0.05, 0) is 30.5 Å². The number of nitrogens with one attached hydrogen (secondary N) is 1. The van der Waals surface area contributed by atoms with Gasteiger partial charge in [0, 0.05) is 23.6 Å². The first-order valence-electron chi connectivity index (χ1n) is 6.94. The lowest BCUT2D eigenvalue weighted by atomic mass is 9.85. The van der Waals surface area contributed by atoms with Crippen molar-refractivity contribution < 1.29 is 14.3 Å². The average molecular weight is 300 g/mol. The molecular formula is C15H19ClFNO2. The van der Waals surface area contributed by atoms with Gasteiger partial charge in [0.2, 0.25) is 5.91 Å². The van der Waals surface area contributed by atoms with Crippen LogP contribution in [0.15, 0.2) is 18.2 Å². The second-order valence-electron chi connectivity index (χ2n) is 5.31. The molecular weight excluding hydrogens is 281 g/mol. The molecule has 3 nitrogen and oxygen atoms in total. The van der Waals surface area contributed by atoms with E-state index in [-0.39, 0.29) is 35.9 Å². The molecule has 5 heteroatoms. The van der Waals surface area contributed by atoms with Gasteiger partial charge in [0.25, 0.3) is 0 Å². The summed E-state index contributed by atoms with van der Waals surface area (Å²) in [6, 6.07) is 4.06. The van der Waals surface area contributed by atoms with Crippen LogP contribution in [0, 0.1) is 11.7 Å². The molecule has 0 aromatic heterocycles. The third-order valence-corrected chi connectivity index (χ3v) is 4.21. The summed E-state index contributed by atoms with van der Waals surface area (Å²) >= 11 is 5.91. The minimum atomic E-state index is -0.410. The van der Waals surface area contributed by atoms with E-state index in [1.54, 1.807) is 0 Å². The summed E-state index contributed by atoms with van der Waals surface area (Å²) in [6.45, 7) is 0.0995. The summed E-state index contributed by atoms with van der Waals surface area (Å²) in [5.41, 5.74) is 0.613. The molecule has 1 aromatic rings. The second kappa shape index (κ2) is 7.04. The van der Waals surface area contributed by atoms with Gasteiger partial charge in [0.15, 0.2) is 0 Å². The van der Waals surface area contributed by atoms with Crippen LogP contribution in [0.1, 0.15) is 31.2 Å². The Hall–Kier alpha value is -1.13. The van der Waals surface area contributed by atoms with Gasteiger partial charge < -0.3 is 10.4 Å². The van der Waals surface area contributed by atoms with Gasteiger partial charge in [0.1, 0.15) is 5.82 Å². The van der Waals surface area contributed by atoms with Gasteiger partial charge in [-0.2, -0.15) is 0 Å². The fourth-order valence-electron chi connectivity index (χ4n) is 2.71. The quantitative estimate of drug-likeness (QED) is 0.898. The van der Waals surface area contributed by atoms with E-state index in [0.717, 1.165) is 25.7 Å². The van der Waals surface area contributed by atoms with Gasteiger partial charge in [-0.15, -0.1) is 0 Å². The zero-order valence-electron chi connectivity index (χ0n) is 11.2. The van der Waals surface area contributed by atoms with Crippen LogP contribution in [0.3, 0.4) is 0 Å². The summed E-state index contributed by atoms with van der Waals surface area (Å²) in [5.74, 6) is -0.410. The Kier molecular flexibility index (Phi) is 5.38. The van der Waals surface area contributed by atoms with Gasteiger partial charge in [0.05, 0.1) is 6.42 Å². The third-order valence-electron chi connectivity index (χ3n) is 3.86. The van der Waals surface area contributed by atoms with Crippen molar-refractivity contribution in [2.75, 3.05) is 6.61 Å². The lowest BCUT2D eigenvalue weighted by Crippen LogP contribution is -2.44. The highest BCUT2D eigenvalue weighted by molar-refractivity contribution is 6.31. The molecule has 2 atom stereocenters. The molecule has 20 heavy (non-hydrogen) atoms. The van der Waals surface area contributed by atoms with Crippen LogP contribution >= 0.6 is 11.6 Å². The van der Waals surface area contributed by atoms with E-state index in [1.165, 1.54) is 18.2 Å². The Morgan fingerprint density at radius 3 is 2.85 bits per heavy atom. The van der Waals surface area contributed by atoms with Crippen molar-refractivity contribution in [3.05, 3.63) is 34.6 Å². The Bertz CT molecular complexity index is 481. The molecule has 0 radical (unpaired) electrons. The van der Waals surface area contributed by atoms with Crippen molar-refractivity contribution in [3.63, 3.8) is 0 Å². The van der Waals surface area contributed by atoms with Gasteiger partial charge >= 0.3 is 0 Å². The van der Waals surface area contributed by atoms with Crippen LogP contribution in [0.5, 0.6) is 0 Å². The Labute approximate surface area is 123 Å². The zero-order valence-corrected chi connectivity index (χ0v) is 12.0. The van der Waals surface area contributed by atoms with E-state index in [9.17, 15) is 14.3 Å². The van der Waals surface area contributed by atoms with Gasteiger partial charge in [-0.1, -0.05) is 30.5 Å². The van der Waals surface area contributed by atoms with Crippen molar-refractivity contribution in [1.82, 2.24) is 5.32 Å². The number of aliphatic hydroxyl groups is 1. The molecule has 2 N–H and O–H groups in total. The number of carbonyl (C=O) groups is 1. The van der Waals surface area contributed by atoms with Gasteiger partial charge in [-0.3, -0.25) is 4.79 Å². The monoisotopic (exact) mass is 299 g/mol. The number of aliphatic hydroxyl groups excluding tert-OH is 1. The topological polar surface area (TPSA) is 49.3 Å². The van der Waals surface area contributed by atoms with E-state index in [1.807, 2.05) is 0 Å². The largest absolute Gasteiger partial charge is 0.396 e. The van der Waals surface area contributed by atoms with Crippen LogP contribution in [0.4, 0.5) is 4.39 Å². The van der Waals surface area contributed by atoms with Crippen LogP contribution in [0.25, 0.3) is 0 Å². The molecule has 1 fully saturated rings. The predicted octanol–water partition coefficient (Wildman–Crippen LogP) is 2.69. The maximum atomic E-state index is 12.9. The molecule has 1 aliphatic carbocycles. The van der Waals surface area contributed by atoms with Crippen molar-refractivity contribution in [2.24, 2.45) is 5.92 Å². The highest BCUT2D eigenvalue weighted by Crippen LogP contribution is 2.24. The highest BCUT2D eigenvalue weighted by atomic mass is 35.5. The minimum Gasteiger partial charge on any atom is -0.396 e. The van der Waals surface area contributed by atoms with Crippen molar-refractivity contribution in [2.45, 2.75) is 38.1 Å². The van der Waals surface area contributed by atoms with Gasteiger partial charge in [-0.25, -0.2) is 4.39 Å². The van der Waals surface area contributed by atoms with E-state index in [0.29, 0.717) is 5.56 Å². The SMILES string of the molecule is O=C(Cc1ccc(F)cc1Cl)NC1CCCCC1CO. The van der Waals surface area contributed by atoms with Crippen molar-refractivity contribution in [1.29, 1.82) is 0 Å². The first-order chi connectivity index (χ1) is 9.60. The molecule has 2 unspecified atom stereocenters. The van der Waals surface area contributed by atoms with Crippen molar-refractivity contribution >= 4 is 17.5 Å². The number of amides is 1. The summed E-state index contributed by atoms with van der Waals surface area (Å²) in [4.78, 5) is 12.0. The standard InChI is InChI=1S/C15H19ClFNO2/c16-13-8-12(17)6-5-10(13)7-15(20)18-14-4-2-1-3-11(14)9-19/h5-6,8,11,14,19H,1-4,7,9H2,(H,18,20). The van der Waals surface area contributed by atoms with Crippen LogP contribution in [-0.4, -0.2) is 23.7 Å². The molecule has 110 valence electrons. The maximum absolute atomic E-state index is 12.9. The molecule has 1 saturated carbocycles. The normalized spacial score (nSPS) is 22.6. The fraction of sp³-hybridized carbons (Fsp3) is 0.533.